The van der Waals surface area contributed by atoms with Gasteiger partial charge in [0.1, 0.15) is 10.4 Å². The Labute approximate surface area is 130 Å². The zero-order valence-corrected chi connectivity index (χ0v) is 13.6. The maximum absolute atomic E-state index is 13.2. The third-order valence-corrected chi connectivity index (χ3v) is 4.39. The summed E-state index contributed by atoms with van der Waals surface area (Å²) in [5.74, 6) is -0.762. The van der Waals surface area contributed by atoms with E-state index < -0.39 is 15.8 Å². The highest BCUT2D eigenvalue weighted by atomic mass is 79.9. The van der Waals surface area contributed by atoms with Gasteiger partial charge in [-0.3, -0.25) is 4.72 Å². The molecule has 20 heavy (non-hydrogen) atoms. The smallest absolute Gasteiger partial charge is 0.263 e. The number of hydrogen-bond donors (Lipinski definition) is 2. The average molecular weight is 426 g/mol. The number of aromatic nitrogens is 2. The van der Waals surface area contributed by atoms with Crippen LogP contribution in [0.1, 0.15) is 0 Å². The third kappa shape index (κ3) is 3.44. The van der Waals surface area contributed by atoms with Gasteiger partial charge in [0, 0.05) is 5.69 Å². The van der Waals surface area contributed by atoms with Gasteiger partial charge in [-0.05, 0) is 50.1 Å². The van der Waals surface area contributed by atoms with E-state index in [0.717, 1.165) is 18.2 Å². The summed E-state index contributed by atoms with van der Waals surface area (Å²) in [5, 5.41) is 0. The van der Waals surface area contributed by atoms with Gasteiger partial charge < -0.3 is 5.73 Å². The van der Waals surface area contributed by atoms with Crippen molar-refractivity contribution in [3.8, 4) is 0 Å². The van der Waals surface area contributed by atoms with Crippen molar-refractivity contribution in [3.63, 3.8) is 0 Å². The highest BCUT2D eigenvalue weighted by Crippen LogP contribution is 2.23. The standard InChI is InChI=1S/C10H7Br2FN4O2S/c11-8-4-15-10(9(12)16-8)17-20(18,19)7-2-5(13)1-6(14)3-7/h1-4H,14H2,(H,15,17). The minimum Gasteiger partial charge on any atom is -0.399 e. The molecule has 0 unspecified atom stereocenters. The minimum absolute atomic E-state index is 0.00586. The number of sulfonamides is 1. The number of anilines is 2. The van der Waals surface area contributed by atoms with Crippen molar-refractivity contribution in [3.05, 3.63) is 39.4 Å². The summed E-state index contributed by atoms with van der Waals surface area (Å²) in [6, 6.07) is 3.03. The lowest BCUT2D eigenvalue weighted by atomic mass is 10.3. The van der Waals surface area contributed by atoms with E-state index in [1.807, 2.05) is 0 Å². The molecule has 106 valence electrons. The molecular weight excluding hydrogens is 419 g/mol. The second-order valence-electron chi connectivity index (χ2n) is 3.66. The third-order valence-electron chi connectivity index (χ3n) is 2.14. The lowest BCUT2D eigenvalue weighted by Gasteiger charge is -2.09. The van der Waals surface area contributed by atoms with Crippen LogP contribution in [-0.2, 0) is 10.0 Å². The summed E-state index contributed by atoms with van der Waals surface area (Å²) < 4.78 is 40.3. The predicted octanol–water partition coefficient (Wildman–Crippen LogP) is 2.52. The SMILES string of the molecule is Nc1cc(F)cc(S(=O)(=O)Nc2ncc(Br)nc2Br)c1. The average Bonchev–Trinajstić information content (AvgIpc) is 2.31. The highest BCUT2D eigenvalue weighted by Gasteiger charge is 2.18. The van der Waals surface area contributed by atoms with Crippen molar-refractivity contribution < 1.29 is 12.8 Å². The number of nitrogens with one attached hydrogen (secondary N) is 1. The fourth-order valence-corrected chi connectivity index (χ4v) is 3.46. The summed E-state index contributed by atoms with van der Waals surface area (Å²) in [5.41, 5.74) is 5.43. The molecule has 0 bridgehead atoms. The van der Waals surface area contributed by atoms with Gasteiger partial charge in [0.15, 0.2) is 10.4 Å². The van der Waals surface area contributed by atoms with Crippen LogP contribution in [0.5, 0.6) is 0 Å². The van der Waals surface area contributed by atoms with Crippen molar-refractivity contribution in [2.24, 2.45) is 0 Å². The number of nitrogens with two attached hydrogens (primary N) is 1. The number of nitrogen functional groups attached to an aromatic ring is 1. The fraction of sp³-hybridized carbons (Fsp3) is 0. The molecule has 0 atom stereocenters. The summed E-state index contributed by atoms with van der Waals surface area (Å²) in [7, 11) is -4.01. The van der Waals surface area contributed by atoms with Crippen molar-refractivity contribution in [2.75, 3.05) is 10.5 Å². The lowest BCUT2D eigenvalue weighted by Crippen LogP contribution is -2.15. The monoisotopic (exact) mass is 424 g/mol. The van der Waals surface area contributed by atoms with Crippen LogP contribution in [0.3, 0.4) is 0 Å². The first-order valence-electron chi connectivity index (χ1n) is 5.05. The molecule has 0 saturated heterocycles. The van der Waals surface area contributed by atoms with E-state index >= 15 is 0 Å². The molecule has 0 spiro atoms. The Morgan fingerprint density at radius 1 is 1.25 bits per heavy atom. The molecule has 10 heteroatoms. The normalized spacial score (nSPS) is 11.3. The van der Waals surface area contributed by atoms with Crippen LogP contribution >= 0.6 is 31.9 Å². The molecule has 0 fully saturated rings. The number of hydrogen-bond acceptors (Lipinski definition) is 5. The lowest BCUT2D eigenvalue weighted by molar-refractivity contribution is 0.595. The Morgan fingerprint density at radius 2 is 1.95 bits per heavy atom. The zero-order valence-electron chi connectivity index (χ0n) is 9.64. The largest absolute Gasteiger partial charge is 0.399 e. The molecular formula is C10H7Br2FN4O2S. The second-order valence-corrected chi connectivity index (χ2v) is 6.90. The predicted molar refractivity (Wildman–Crippen MR) is 79.1 cm³/mol. The summed E-state index contributed by atoms with van der Waals surface area (Å²) >= 11 is 6.16. The minimum atomic E-state index is -4.01. The molecule has 2 rings (SSSR count). The molecule has 0 aliphatic heterocycles. The molecule has 0 aliphatic rings. The molecule has 0 amide bonds. The van der Waals surface area contributed by atoms with Crippen molar-refractivity contribution in [1.82, 2.24) is 9.97 Å². The highest BCUT2D eigenvalue weighted by molar-refractivity contribution is 9.11. The van der Waals surface area contributed by atoms with E-state index in [0.29, 0.717) is 4.60 Å². The van der Waals surface area contributed by atoms with Gasteiger partial charge in [-0.1, -0.05) is 0 Å². The second kappa shape index (κ2) is 5.62. The maximum atomic E-state index is 13.2. The van der Waals surface area contributed by atoms with E-state index in [9.17, 15) is 12.8 Å². The van der Waals surface area contributed by atoms with Crippen LogP contribution in [0, 0.1) is 5.82 Å². The van der Waals surface area contributed by atoms with Crippen LogP contribution in [-0.4, -0.2) is 18.4 Å². The van der Waals surface area contributed by atoms with E-state index in [-0.39, 0.29) is 21.0 Å². The fourth-order valence-electron chi connectivity index (χ4n) is 1.34. The molecule has 0 radical (unpaired) electrons. The van der Waals surface area contributed by atoms with E-state index in [4.69, 9.17) is 5.73 Å². The van der Waals surface area contributed by atoms with Crippen LogP contribution in [0.4, 0.5) is 15.9 Å². The number of halogens is 3. The first-order valence-corrected chi connectivity index (χ1v) is 8.12. The van der Waals surface area contributed by atoms with Gasteiger partial charge in [0.2, 0.25) is 0 Å². The summed E-state index contributed by atoms with van der Waals surface area (Å²) in [6.07, 6.45) is 1.32. The van der Waals surface area contributed by atoms with E-state index in [1.54, 1.807) is 0 Å². The van der Waals surface area contributed by atoms with Gasteiger partial charge in [-0.15, -0.1) is 0 Å². The number of nitrogens with zero attached hydrogens (tertiary/aromatic N) is 2. The van der Waals surface area contributed by atoms with Crippen LogP contribution in [0.25, 0.3) is 0 Å². The van der Waals surface area contributed by atoms with Gasteiger partial charge in [0.25, 0.3) is 10.0 Å². The van der Waals surface area contributed by atoms with Gasteiger partial charge in [-0.2, -0.15) is 0 Å². The summed E-state index contributed by atoms with van der Waals surface area (Å²) in [4.78, 5) is 7.49. The number of rotatable bonds is 3. The van der Waals surface area contributed by atoms with Crippen LogP contribution < -0.4 is 10.5 Å². The van der Waals surface area contributed by atoms with Crippen molar-refractivity contribution in [1.29, 1.82) is 0 Å². The molecule has 1 aromatic carbocycles. The Hall–Kier alpha value is -1.26. The quantitative estimate of drug-likeness (QED) is 0.736. The molecule has 0 saturated carbocycles. The molecule has 6 nitrogen and oxygen atoms in total. The number of benzene rings is 1. The van der Waals surface area contributed by atoms with Crippen molar-refractivity contribution in [2.45, 2.75) is 4.90 Å². The molecule has 3 N–H and O–H groups in total. The van der Waals surface area contributed by atoms with Crippen LogP contribution in [0.15, 0.2) is 38.5 Å². The van der Waals surface area contributed by atoms with Gasteiger partial charge in [-0.25, -0.2) is 22.8 Å². The first kappa shape index (κ1) is 15.1. The molecule has 1 aromatic heterocycles. The zero-order chi connectivity index (χ0) is 14.9. The van der Waals surface area contributed by atoms with E-state index in [2.05, 4.69) is 46.5 Å². The van der Waals surface area contributed by atoms with Gasteiger partial charge >= 0.3 is 0 Å². The van der Waals surface area contributed by atoms with E-state index in [1.165, 1.54) is 6.20 Å². The molecule has 0 aliphatic carbocycles. The Bertz CT molecular complexity index is 750. The molecule has 2 aromatic rings. The summed E-state index contributed by atoms with van der Waals surface area (Å²) in [6.45, 7) is 0. The Kier molecular flexibility index (Phi) is 4.25. The van der Waals surface area contributed by atoms with Gasteiger partial charge in [0.05, 0.1) is 11.1 Å². The Balaban J connectivity index is 2.40. The van der Waals surface area contributed by atoms with Crippen LogP contribution in [0.2, 0.25) is 0 Å². The first-order chi connectivity index (χ1) is 9.28. The van der Waals surface area contributed by atoms with Crippen molar-refractivity contribution >= 4 is 53.4 Å². The molecule has 1 heterocycles. The maximum Gasteiger partial charge on any atom is 0.263 e. The topological polar surface area (TPSA) is 98.0 Å². The Morgan fingerprint density at radius 3 is 2.55 bits per heavy atom.